The standard InChI is InChI=1S/C13H20N2OS/c1-2-3-6-9-17-10-13(16)15-12-8-5-4-7-11(12)14/h4-5,7-8H,2-3,6,9-10,14H2,1H3,(H,15,16). The SMILES string of the molecule is CCCCCSCC(=O)Nc1ccccc1N. The Hall–Kier alpha value is -1.16. The van der Waals surface area contributed by atoms with E-state index >= 15 is 0 Å². The largest absolute Gasteiger partial charge is 0.397 e. The number of hydrogen-bond acceptors (Lipinski definition) is 3. The van der Waals surface area contributed by atoms with Crippen LogP contribution in [-0.4, -0.2) is 17.4 Å². The molecule has 1 amide bonds. The van der Waals surface area contributed by atoms with Gasteiger partial charge in [0.25, 0.3) is 0 Å². The predicted octanol–water partition coefficient (Wildman–Crippen LogP) is 3.13. The van der Waals surface area contributed by atoms with Crippen molar-refractivity contribution in [2.75, 3.05) is 22.6 Å². The van der Waals surface area contributed by atoms with Gasteiger partial charge in [0.15, 0.2) is 0 Å². The highest BCUT2D eigenvalue weighted by molar-refractivity contribution is 7.99. The van der Waals surface area contributed by atoms with Gasteiger partial charge >= 0.3 is 0 Å². The van der Waals surface area contributed by atoms with Crippen LogP contribution in [0.1, 0.15) is 26.2 Å². The molecule has 0 fully saturated rings. The molecule has 0 bridgehead atoms. The van der Waals surface area contributed by atoms with E-state index in [1.165, 1.54) is 19.3 Å². The first kappa shape index (κ1) is 13.9. The Bertz CT molecular complexity index is 355. The molecule has 0 heterocycles. The summed E-state index contributed by atoms with van der Waals surface area (Å²) >= 11 is 1.67. The van der Waals surface area contributed by atoms with E-state index in [4.69, 9.17) is 5.73 Å². The zero-order valence-electron chi connectivity index (χ0n) is 10.2. The quantitative estimate of drug-likeness (QED) is 0.579. The molecule has 0 aromatic heterocycles. The number of nitrogens with two attached hydrogens (primary N) is 1. The molecule has 0 atom stereocenters. The summed E-state index contributed by atoms with van der Waals surface area (Å²) in [5, 5.41) is 2.82. The van der Waals surface area contributed by atoms with Crippen molar-refractivity contribution in [2.45, 2.75) is 26.2 Å². The molecule has 0 radical (unpaired) electrons. The average molecular weight is 252 g/mol. The summed E-state index contributed by atoms with van der Waals surface area (Å²) in [5.41, 5.74) is 7.05. The number of carbonyl (C=O) groups excluding carboxylic acids is 1. The number of anilines is 2. The molecular weight excluding hydrogens is 232 g/mol. The smallest absolute Gasteiger partial charge is 0.234 e. The number of para-hydroxylation sites is 2. The van der Waals surface area contributed by atoms with Crippen LogP contribution >= 0.6 is 11.8 Å². The van der Waals surface area contributed by atoms with Crippen molar-refractivity contribution in [1.82, 2.24) is 0 Å². The van der Waals surface area contributed by atoms with Gasteiger partial charge in [0.2, 0.25) is 5.91 Å². The van der Waals surface area contributed by atoms with E-state index < -0.39 is 0 Å². The lowest BCUT2D eigenvalue weighted by Crippen LogP contribution is -2.15. The van der Waals surface area contributed by atoms with Crippen molar-refractivity contribution >= 4 is 29.0 Å². The Labute approximate surface area is 107 Å². The Morgan fingerprint density at radius 2 is 2.12 bits per heavy atom. The van der Waals surface area contributed by atoms with Crippen LogP contribution in [0.15, 0.2) is 24.3 Å². The third-order valence-electron chi connectivity index (χ3n) is 2.36. The molecule has 3 nitrogen and oxygen atoms in total. The molecule has 1 rings (SSSR count). The second-order valence-corrected chi connectivity index (χ2v) is 5.00. The second kappa shape index (κ2) is 8.01. The fourth-order valence-electron chi connectivity index (χ4n) is 1.42. The molecule has 0 aliphatic heterocycles. The van der Waals surface area contributed by atoms with Crippen molar-refractivity contribution in [2.24, 2.45) is 0 Å². The van der Waals surface area contributed by atoms with Crippen molar-refractivity contribution in [3.8, 4) is 0 Å². The zero-order valence-corrected chi connectivity index (χ0v) is 11.1. The van der Waals surface area contributed by atoms with Crippen LogP contribution in [0.4, 0.5) is 11.4 Å². The van der Waals surface area contributed by atoms with Crippen LogP contribution in [0.25, 0.3) is 0 Å². The molecular formula is C13H20N2OS. The van der Waals surface area contributed by atoms with Crippen LogP contribution < -0.4 is 11.1 Å². The van der Waals surface area contributed by atoms with E-state index in [1.807, 2.05) is 18.2 Å². The fourth-order valence-corrected chi connectivity index (χ4v) is 2.23. The zero-order chi connectivity index (χ0) is 12.5. The number of nitrogen functional groups attached to an aromatic ring is 1. The van der Waals surface area contributed by atoms with Crippen molar-refractivity contribution in [3.63, 3.8) is 0 Å². The lowest BCUT2D eigenvalue weighted by molar-refractivity contribution is -0.113. The number of benzene rings is 1. The first-order valence-corrected chi connectivity index (χ1v) is 7.11. The van der Waals surface area contributed by atoms with Gasteiger partial charge in [-0.15, -0.1) is 0 Å². The Morgan fingerprint density at radius 3 is 2.82 bits per heavy atom. The number of hydrogen-bond donors (Lipinski definition) is 2. The van der Waals surface area contributed by atoms with E-state index in [1.54, 1.807) is 17.8 Å². The van der Waals surface area contributed by atoms with Gasteiger partial charge in [0.1, 0.15) is 0 Å². The van der Waals surface area contributed by atoms with Crippen LogP contribution in [0, 0.1) is 0 Å². The molecule has 0 saturated heterocycles. The van der Waals surface area contributed by atoms with Crippen LogP contribution in [0.2, 0.25) is 0 Å². The Morgan fingerprint density at radius 1 is 1.35 bits per heavy atom. The van der Waals surface area contributed by atoms with Crippen LogP contribution in [0.3, 0.4) is 0 Å². The van der Waals surface area contributed by atoms with Gasteiger partial charge in [-0.2, -0.15) is 11.8 Å². The minimum absolute atomic E-state index is 0.0180. The lowest BCUT2D eigenvalue weighted by atomic mass is 10.3. The summed E-state index contributed by atoms with van der Waals surface area (Å²) in [4.78, 5) is 11.6. The topological polar surface area (TPSA) is 55.1 Å². The number of carbonyl (C=O) groups is 1. The highest BCUT2D eigenvalue weighted by atomic mass is 32.2. The highest BCUT2D eigenvalue weighted by Gasteiger charge is 2.04. The molecule has 3 N–H and O–H groups in total. The lowest BCUT2D eigenvalue weighted by Gasteiger charge is -2.07. The van der Waals surface area contributed by atoms with E-state index in [9.17, 15) is 4.79 Å². The normalized spacial score (nSPS) is 10.2. The number of rotatable bonds is 7. The summed E-state index contributed by atoms with van der Waals surface area (Å²) in [6.45, 7) is 2.18. The van der Waals surface area contributed by atoms with Gasteiger partial charge in [0, 0.05) is 0 Å². The van der Waals surface area contributed by atoms with Gasteiger partial charge in [-0.25, -0.2) is 0 Å². The number of thioether (sulfide) groups is 1. The first-order chi connectivity index (χ1) is 8.24. The predicted molar refractivity (Wildman–Crippen MR) is 76.3 cm³/mol. The maximum Gasteiger partial charge on any atom is 0.234 e. The monoisotopic (exact) mass is 252 g/mol. The third kappa shape index (κ3) is 5.63. The summed E-state index contributed by atoms with van der Waals surface area (Å²) in [5.74, 6) is 1.56. The summed E-state index contributed by atoms with van der Waals surface area (Å²) in [6.07, 6.45) is 3.63. The third-order valence-corrected chi connectivity index (χ3v) is 3.40. The number of amides is 1. The highest BCUT2D eigenvalue weighted by Crippen LogP contribution is 2.17. The summed E-state index contributed by atoms with van der Waals surface area (Å²) in [6, 6.07) is 7.31. The molecule has 94 valence electrons. The van der Waals surface area contributed by atoms with Crippen LogP contribution in [0.5, 0.6) is 0 Å². The van der Waals surface area contributed by atoms with Crippen molar-refractivity contribution < 1.29 is 4.79 Å². The molecule has 17 heavy (non-hydrogen) atoms. The van der Waals surface area contributed by atoms with E-state index in [-0.39, 0.29) is 5.91 Å². The van der Waals surface area contributed by atoms with E-state index in [0.717, 1.165) is 5.75 Å². The van der Waals surface area contributed by atoms with E-state index in [0.29, 0.717) is 17.1 Å². The Kier molecular flexibility index (Phi) is 6.55. The molecule has 0 spiro atoms. The maximum atomic E-state index is 11.6. The summed E-state index contributed by atoms with van der Waals surface area (Å²) < 4.78 is 0. The van der Waals surface area contributed by atoms with Gasteiger partial charge in [-0.1, -0.05) is 31.9 Å². The molecule has 0 saturated carbocycles. The molecule has 1 aromatic rings. The van der Waals surface area contributed by atoms with Gasteiger partial charge in [0.05, 0.1) is 17.1 Å². The van der Waals surface area contributed by atoms with Crippen molar-refractivity contribution in [3.05, 3.63) is 24.3 Å². The van der Waals surface area contributed by atoms with Gasteiger partial charge in [-0.05, 0) is 24.3 Å². The molecule has 4 heteroatoms. The first-order valence-electron chi connectivity index (χ1n) is 5.96. The fraction of sp³-hybridized carbons (Fsp3) is 0.462. The van der Waals surface area contributed by atoms with Gasteiger partial charge in [-0.3, -0.25) is 4.79 Å². The number of nitrogens with one attached hydrogen (secondary N) is 1. The average Bonchev–Trinajstić information content (AvgIpc) is 2.32. The second-order valence-electron chi connectivity index (χ2n) is 3.90. The minimum Gasteiger partial charge on any atom is -0.397 e. The maximum absolute atomic E-state index is 11.6. The molecule has 1 aromatic carbocycles. The van der Waals surface area contributed by atoms with Gasteiger partial charge < -0.3 is 11.1 Å². The van der Waals surface area contributed by atoms with Crippen LogP contribution in [-0.2, 0) is 4.79 Å². The number of unbranched alkanes of at least 4 members (excludes halogenated alkanes) is 2. The van der Waals surface area contributed by atoms with Crippen molar-refractivity contribution in [1.29, 1.82) is 0 Å². The minimum atomic E-state index is 0.0180. The molecule has 0 aliphatic rings. The van der Waals surface area contributed by atoms with E-state index in [2.05, 4.69) is 12.2 Å². The summed E-state index contributed by atoms with van der Waals surface area (Å²) in [7, 11) is 0. The Balaban J connectivity index is 2.23. The molecule has 0 aliphatic carbocycles. The molecule has 0 unspecified atom stereocenters.